The number of benzene rings is 3. The maximum absolute atomic E-state index is 10.6. The van der Waals surface area contributed by atoms with Gasteiger partial charge in [-0.15, -0.1) is 0 Å². The molecule has 0 aromatic heterocycles. The van der Waals surface area contributed by atoms with Crippen molar-refractivity contribution in [2.75, 3.05) is 13.1 Å². The van der Waals surface area contributed by atoms with Gasteiger partial charge in [0.05, 0.1) is 12.1 Å². The first-order valence-electron chi connectivity index (χ1n) is 10.5. The van der Waals surface area contributed by atoms with E-state index in [0.717, 1.165) is 25.1 Å². The molecule has 1 aliphatic heterocycles. The molecule has 2 heteroatoms. The highest BCUT2D eigenvalue weighted by molar-refractivity contribution is 5.86. The highest BCUT2D eigenvalue weighted by Gasteiger charge is 2.44. The lowest BCUT2D eigenvalue weighted by molar-refractivity contribution is 0.115. The lowest BCUT2D eigenvalue weighted by Crippen LogP contribution is -2.45. The molecule has 2 atom stereocenters. The number of hydrogen-bond acceptors (Lipinski definition) is 2. The number of nitrogens with zero attached hydrogens (tertiary/aromatic N) is 2. The smallest absolute Gasteiger partial charge is 0.102 e. The third-order valence-corrected chi connectivity index (χ3v) is 6.39. The number of rotatable bonds is 5. The molecule has 1 fully saturated rings. The van der Waals surface area contributed by atoms with Crippen LogP contribution in [0.1, 0.15) is 49.8 Å². The highest BCUT2D eigenvalue weighted by Crippen LogP contribution is 2.46. The molecule has 0 amide bonds. The van der Waals surface area contributed by atoms with Crippen LogP contribution in [0, 0.1) is 11.3 Å². The van der Waals surface area contributed by atoms with E-state index in [4.69, 9.17) is 0 Å². The van der Waals surface area contributed by atoms with Crippen molar-refractivity contribution < 1.29 is 0 Å². The summed E-state index contributed by atoms with van der Waals surface area (Å²) in [6, 6.07) is 28.4. The first-order valence-corrected chi connectivity index (χ1v) is 10.5. The Morgan fingerprint density at radius 3 is 2.29 bits per heavy atom. The van der Waals surface area contributed by atoms with Crippen LogP contribution >= 0.6 is 0 Å². The van der Waals surface area contributed by atoms with Gasteiger partial charge < -0.3 is 0 Å². The van der Waals surface area contributed by atoms with E-state index < -0.39 is 5.41 Å². The minimum atomic E-state index is -0.567. The molecule has 3 aromatic carbocycles. The van der Waals surface area contributed by atoms with E-state index >= 15 is 0 Å². The second-order valence-electron chi connectivity index (χ2n) is 7.87. The third-order valence-electron chi connectivity index (χ3n) is 6.39. The molecule has 0 bridgehead atoms. The quantitative estimate of drug-likeness (QED) is 0.533. The van der Waals surface area contributed by atoms with Crippen LogP contribution in [-0.4, -0.2) is 18.0 Å². The number of likely N-dealkylation sites (tertiary alicyclic amines) is 1. The van der Waals surface area contributed by atoms with Crippen molar-refractivity contribution in [3.63, 3.8) is 0 Å². The van der Waals surface area contributed by atoms with Crippen molar-refractivity contribution in [1.82, 2.24) is 4.90 Å². The predicted molar refractivity (Wildman–Crippen MR) is 116 cm³/mol. The summed E-state index contributed by atoms with van der Waals surface area (Å²) in [6.07, 6.45) is 4.50. The zero-order valence-electron chi connectivity index (χ0n) is 16.6. The fraction of sp³-hybridized carbons (Fsp3) is 0.346. The zero-order chi connectivity index (χ0) is 19.4. The molecule has 0 aliphatic carbocycles. The highest BCUT2D eigenvalue weighted by atomic mass is 15.2. The molecule has 0 N–H and O–H groups in total. The van der Waals surface area contributed by atoms with Gasteiger partial charge in [-0.1, -0.05) is 86.1 Å². The number of fused-ring (bicyclic) bond motifs is 1. The van der Waals surface area contributed by atoms with E-state index in [9.17, 15) is 5.26 Å². The summed E-state index contributed by atoms with van der Waals surface area (Å²) in [5.74, 6) is 0. The molecule has 4 rings (SSSR count). The maximum Gasteiger partial charge on any atom is 0.102 e. The minimum Gasteiger partial charge on any atom is -0.294 e. The molecule has 0 spiro atoms. The summed E-state index contributed by atoms with van der Waals surface area (Å²) in [6.45, 7) is 4.28. The van der Waals surface area contributed by atoms with Crippen molar-refractivity contribution in [2.45, 2.75) is 44.1 Å². The Morgan fingerprint density at radius 2 is 1.57 bits per heavy atom. The first kappa shape index (κ1) is 18.7. The number of hydrogen-bond donors (Lipinski definition) is 0. The Balaban J connectivity index is 1.96. The average molecular weight is 369 g/mol. The molecule has 3 aromatic rings. The van der Waals surface area contributed by atoms with Crippen molar-refractivity contribution in [1.29, 1.82) is 5.26 Å². The number of piperidine rings is 1. The average Bonchev–Trinajstić information content (AvgIpc) is 2.78. The van der Waals surface area contributed by atoms with E-state index in [1.54, 1.807) is 0 Å². The minimum absolute atomic E-state index is 0.0521. The van der Waals surface area contributed by atoms with Crippen LogP contribution in [0.15, 0.2) is 72.8 Å². The van der Waals surface area contributed by atoms with Gasteiger partial charge >= 0.3 is 0 Å². The summed E-state index contributed by atoms with van der Waals surface area (Å²) in [5, 5.41) is 13.1. The van der Waals surface area contributed by atoms with Gasteiger partial charge in [-0.05, 0) is 54.3 Å². The Bertz CT molecular complexity index is 961. The van der Waals surface area contributed by atoms with Gasteiger partial charge in [0, 0.05) is 0 Å². The largest absolute Gasteiger partial charge is 0.294 e. The zero-order valence-corrected chi connectivity index (χ0v) is 16.6. The molecule has 0 radical (unpaired) electrons. The monoisotopic (exact) mass is 368 g/mol. The van der Waals surface area contributed by atoms with Crippen LogP contribution in [0.5, 0.6) is 0 Å². The maximum atomic E-state index is 10.6. The van der Waals surface area contributed by atoms with Gasteiger partial charge in [0.25, 0.3) is 0 Å². The summed E-state index contributed by atoms with van der Waals surface area (Å²) < 4.78 is 0. The van der Waals surface area contributed by atoms with Crippen LogP contribution in [0.4, 0.5) is 0 Å². The van der Waals surface area contributed by atoms with E-state index in [1.165, 1.54) is 35.6 Å². The van der Waals surface area contributed by atoms with Crippen LogP contribution in [-0.2, 0) is 5.41 Å². The SMILES string of the molecule is CC[C@](C#N)(c1ccccc1)[C@H](c1cccc2ccccc12)N1CCCCC1. The fourth-order valence-electron chi connectivity index (χ4n) is 4.93. The van der Waals surface area contributed by atoms with E-state index in [2.05, 4.69) is 84.6 Å². The van der Waals surface area contributed by atoms with E-state index in [-0.39, 0.29) is 6.04 Å². The Hall–Kier alpha value is -2.63. The third kappa shape index (κ3) is 3.21. The van der Waals surface area contributed by atoms with Gasteiger partial charge in [0.1, 0.15) is 5.41 Å². The van der Waals surface area contributed by atoms with Gasteiger partial charge in [-0.2, -0.15) is 5.26 Å². The Labute approximate surface area is 168 Å². The summed E-state index contributed by atoms with van der Waals surface area (Å²) in [5.41, 5.74) is 1.85. The fourth-order valence-corrected chi connectivity index (χ4v) is 4.93. The lowest BCUT2D eigenvalue weighted by Gasteiger charge is -2.44. The predicted octanol–water partition coefficient (Wildman–Crippen LogP) is 6.24. The standard InChI is InChI=1S/C26H28N2/c1-2-26(20-27,22-14-5-3-6-15-22)25(28-18-9-4-10-19-28)24-17-11-13-21-12-7-8-16-23(21)24/h3,5-8,11-17,25H,2,4,9-10,18-19H2,1H3/t25-,26-/m0/s1. The molecule has 1 heterocycles. The Morgan fingerprint density at radius 1 is 0.893 bits per heavy atom. The van der Waals surface area contributed by atoms with Crippen LogP contribution in [0.2, 0.25) is 0 Å². The van der Waals surface area contributed by atoms with Gasteiger partial charge in [0.15, 0.2) is 0 Å². The Kier molecular flexibility index (Phi) is 5.46. The molecule has 2 nitrogen and oxygen atoms in total. The lowest BCUT2D eigenvalue weighted by atomic mass is 9.69. The van der Waals surface area contributed by atoms with Crippen molar-refractivity contribution >= 4 is 10.8 Å². The van der Waals surface area contributed by atoms with Crippen molar-refractivity contribution in [2.24, 2.45) is 0 Å². The van der Waals surface area contributed by atoms with Crippen molar-refractivity contribution in [3.8, 4) is 6.07 Å². The van der Waals surface area contributed by atoms with Crippen LogP contribution in [0.25, 0.3) is 10.8 Å². The summed E-state index contributed by atoms with van der Waals surface area (Å²) >= 11 is 0. The van der Waals surface area contributed by atoms with Crippen LogP contribution < -0.4 is 0 Å². The normalized spacial score (nSPS) is 18.3. The second-order valence-corrected chi connectivity index (χ2v) is 7.87. The molecular weight excluding hydrogens is 340 g/mol. The summed E-state index contributed by atoms with van der Waals surface area (Å²) in [7, 11) is 0. The molecule has 0 saturated carbocycles. The first-order chi connectivity index (χ1) is 13.8. The van der Waals surface area contributed by atoms with Crippen LogP contribution in [0.3, 0.4) is 0 Å². The molecule has 1 saturated heterocycles. The molecule has 0 unspecified atom stereocenters. The topological polar surface area (TPSA) is 27.0 Å². The molecule has 1 aliphatic rings. The van der Waals surface area contributed by atoms with Gasteiger partial charge in [-0.25, -0.2) is 0 Å². The molecular formula is C26H28N2. The molecule has 142 valence electrons. The number of nitriles is 1. The second kappa shape index (κ2) is 8.17. The van der Waals surface area contributed by atoms with E-state index in [1.807, 2.05) is 6.07 Å². The molecule has 28 heavy (non-hydrogen) atoms. The van der Waals surface area contributed by atoms with E-state index in [0.29, 0.717) is 0 Å². The van der Waals surface area contributed by atoms with Gasteiger partial charge in [-0.3, -0.25) is 4.90 Å². The van der Waals surface area contributed by atoms with Gasteiger partial charge in [0.2, 0.25) is 0 Å². The van der Waals surface area contributed by atoms with Crippen molar-refractivity contribution in [3.05, 3.63) is 83.9 Å². The summed E-state index contributed by atoms with van der Waals surface area (Å²) in [4.78, 5) is 2.57.